The molecule has 4 heteroatoms. The molecule has 2 rings (SSSR count). The number of nitriles is 1. The Morgan fingerprint density at radius 3 is 2.94 bits per heavy atom. The first kappa shape index (κ1) is 13.4. The molecule has 1 aromatic carbocycles. The summed E-state index contributed by atoms with van der Waals surface area (Å²) in [5.41, 5.74) is 1.64. The van der Waals surface area contributed by atoms with Crippen LogP contribution in [-0.4, -0.2) is 19.8 Å². The summed E-state index contributed by atoms with van der Waals surface area (Å²) in [6, 6.07) is 7.79. The molecule has 0 unspecified atom stereocenters. The van der Waals surface area contributed by atoms with Crippen LogP contribution in [0.4, 0.5) is 5.69 Å². The lowest BCUT2D eigenvalue weighted by atomic mass is 10.2. The smallest absolute Gasteiger partial charge is 0.0992 e. The van der Waals surface area contributed by atoms with Crippen molar-refractivity contribution in [1.82, 2.24) is 0 Å². The SMILES string of the molecule is N#Cc1cc(Br)cc(NCCCOCC2CC2)c1. The first-order chi connectivity index (χ1) is 8.78. The fraction of sp³-hybridized carbons (Fsp3) is 0.500. The van der Waals surface area contributed by atoms with Gasteiger partial charge in [-0.1, -0.05) is 15.9 Å². The van der Waals surface area contributed by atoms with Crippen molar-refractivity contribution >= 4 is 21.6 Å². The van der Waals surface area contributed by atoms with Crippen molar-refractivity contribution in [2.45, 2.75) is 19.3 Å². The highest BCUT2D eigenvalue weighted by atomic mass is 79.9. The van der Waals surface area contributed by atoms with Crippen molar-refractivity contribution in [2.24, 2.45) is 5.92 Å². The summed E-state index contributed by atoms with van der Waals surface area (Å²) in [6.07, 6.45) is 3.67. The molecule has 0 bridgehead atoms. The zero-order valence-electron chi connectivity index (χ0n) is 10.3. The van der Waals surface area contributed by atoms with Crippen molar-refractivity contribution in [2.75, 3.05) is 25.1 Å². The molecule has 1 N–H and O–H groups in total. The predicted octanol–water partition coefficient (Wildman–Crippen LogP) is 3.55. The predicted molar refractivity (Wildman–Crippen MR) is 75.5 cm³/mol. The Morgan fingerprint density at radius 1 is 1.39 bits per heavy atom. The van der Waals surface area contributed by atoms with Gasteiger partial charge in [0.25, 0.3) is 0 Å². The van der Waals surface area contributed by atoms with E-state index in [2.05, 4.69) is 27.3 Å². The van der Waals surface area contributed by atoms with Crippen LogP contribution in [0, 0.1) is 17.2 Å². The third-order valence-corrected chi connectivity index (χ3v) is 3.33. The average Bonchev–Trinajstić information content (AvgIpc) is 3.17. The molecule has 0 amide bonds. The van der Waals surface area contributed by atoms with Gasteiger partial charge in [-0.25, -0.2) is 0 Å². The summed E-state index contributed by atoms with van der Waals surface area (Å²) < 4.78 is 6.49. The molecule has 0 heterocycles. The molecule has 0 radical (unpaired) electrons. The van der Waals surface area contributed by atoms with Gasteiger partial charge in [-0.15, -0.1) is 0 Å². The molecule has 0 saturated heterocycles. The van der Waals surface area contributed by atoms with Crippen molar-refractivity contribution in [3.63, 3.8) is 0 Å². The third kappa shape index (κ3) is 4.67. The van der Waals surface area contributed by atoms with Crippen LogP contribution < -0.4 is 5.32 Å². The zero-order chi connectivity index (χ0) is 12.8. The maximum Gasteiger partial charge on any atom is 0.0992 e. The minimum absolute atomic E-state index is 0.664. The fourth-order valence-corrected chi connectivity index (χ4v) is 2.19. The highest BCUT2D eigenvalue weighted by Gasteiger charge is 2.20. The number of nitrogens with one attached hydrogen (secondary N) is 1. The molecule has 1 fully saturated rings. The van der Waals surface area contributed by atoms with E-state index in [-0.39, 0.29) is 0 Å². The highest BCUT2D eigenvalue weighted by molar-refractivity contribution is 9.10. The molecule has 1 aromatic rings. The van der Waals surface area contributed by atoms with E-state index in [1.165, 1.54) is 12.8 Å². The van der Waals surface area contributed by atoms with E-state index in [1.807, 2.05) is 18.2 Å². The molecule has 1 aliphatic carbocycles. The van der Waals surface area contributed by atoms with Crippen molar-refractivity contribution in [1.29, 1.82) is 5.26 Å². The fourth-order valence-electron chi connectivity index (χ4n) is 1.70. The number of benzene rings is 1. The second kappa shape index (κ2) is 6.77. The molecule has 1 saturated carbocycles. The Morgan fingerprint density at radius 2 is 2.22 bits per heavy atom. The van der Waals surface area contributed by atoms with Gasteiger partial charge in [0.15, 0.2) is 0 Å². The first-order valence-electron chi connectivity index (χ1n) is 6.30. The van der Waals surface area contributed by atoms with Crippen LogP contribution in [0.25, 0.3) is 0 Å². The zero-order valence-corrected chi connectivity index (χ0v) is 11.9. The van der Waals surface area contributed by atoms with Crippen LogP contribution >= 0.6 is 15.9 Å². The van der Waals surface area contributed by atoms with Crippen LogP contribution in [0.1, 0.15) is 24.8 Å². The summed E-state index contributed by atoms with van der Waals surface area (Å²) in [7, 11) is 0. The van der Waals surface area contributed by atoms with E-state index in [0.29, 0.717) is 5.56 Å². The van der Waals surface area contributed by atoms with Crippen LogP contribution in [0.3, 0.4) is 0 Å². The second-order valence-electron chi connectivity index (χ2n) is 4.64. The van der Waals surface area contributed by atoms with Gasteiger partial charge in [0.05, 0.1) is 11.6 Å². The van der Waals surface area contributed by atoms with E-state index in [1.54, 1.807) is 0 Å². The summed E-state index contributed by atoms with van der Waals surface area (Å²) in [4.78, 5) is 0. The van der Waals surface area contributed by atoms with Crippen molar-refractivity contribution in [3.05, 3.63) is 28.2 Å². The molecule has 0 aliphatic heterocycles. The number of hydrogen-bond acceptors (Lipinski definition) is 3. The monoisotopic (exact) mass is 308 g/mol. The van der Waals surface area contributed by atoms with E-state index >= 15 is 0 Å². The van der Waals surface area contributed by atoms with Gasteiger partial charge in [-0.3, -0.25) is 0 Å². The lowest BCUT2D eigenvalue weighted by molar-refractivity contribution is 0.124. The number of halogens is 1. The quantitative estimate of drug-likeness (QED) is 0.783. The number of ether oxygens (including phenoxy) is 1. The third-order valence-electron chi connectivity index (χ3n) is 2.87. The number of rotatable bonds is 7. The molecule has 1 aliphatic rings. The Hall–Kier alpha value is -1.05. The topological polar surface area (TPSA) is 45.0 Å². The van der Waals surface area contributed by atoms with Gasteiger partial charge < -0.3 is 10.1 Å². The average molecular weight is 309 g/mol. The Bertz CT molecular complexity index is 438. The van der Waals surface area contributed by atoms with Crippen molar-refractivity contribution < 1.29 is 4.74 Å². The summed E-state index contributed by atoms with van der Waals surface area (Å²) in [5.74, 6) is 0.834. The van der Waals surface area contributed by atoms with E-state index in [4.69, 9.17) is 10.00 Å². The Balaban J connectivity index is 1.65. The number of anilines is 1. The van der Waals surface area contributed by atoms with Gasteiger partial charge in [0, 0.05) is 29.9 Å². The summed E-state index contributed by atoms with van der Waals surface area (Å²) in [6.45, 7) is 2.60. The van der Waals surface area contributed by atoms with Crippen LogP contribution in [-0.2, 0) is 4.74 Å². The van der Waals surface area contributed by atoms with Gasteiger partial charge in [0.2, 0.25) is 0 Å². The Kier molecular flexibility index (Phi) is 5.03. The van der Waals surface area contributed by atoms with Crippen LogP contribution in [0.15, 0.2) is 22.7 Å². The Labute approximate surface area is 116 Å². The van der Waals surface area contributed by atoms with Crippen molar-refractivity contribution in [3.8, 4) is 6.07 Å². The largest absolute Gasteiger partial charge is 0.385 e. The molecule has 0 spiro atoms. The summed E-state index contributed by atoms with van der Waals surface area (Å²) >= 11 is 3.39. The number of nitrogens with zero attached hydrogens (tertiary/aromatic N) is 1. The van der Waals surface area contributed by atoms with E-state index in [9.17, 15) is 0 Å². The minimum Gasteiger partial charge on any atom is -0.385 e. The van der Waals surface area contributed by atoms with E-state index < -0.39 is 0 Å². The van der Waals surface area contributed by atoms with Crippen LogP contribution in [0.5, 0.6) is 0 Å². The lowest BCUT2D eigenvalue weighted by Gasteiger charge is -2.08. The molecular weight excluding hydrogens is 292 g/mol. The maximum absolute atomic E-state index is 8.87. The van der Waals surface area contributed by atoms with Crippen LogP contribution in [0.2, 0.25) is 0 Å². The van der Waals surface area contributed by atoms with Gasteiger partial charge in [-0.05, 0) is 43.4 Å². The van der Waals surface area contributed by atoms with Gasteiger partial charge >= 0.3 is 0 Å². The minimum atomic E-state index is 0.664. The standard InChI is InChI=1S/C14H17BrN2O/c15-13-6-12(9-16)7-14(8-13)17-4-1-5-18-10-11-2-3-11/h6-8,11,17H,1-5,10H2. The second-order valence-corrected chi connectivity index (χ2v) is 5.55. The van der Waals surface area contributed by atoms with Gasteiger partial charge in [0.1, 0.15) is 0 Å². The normalized spacial score (nSPS) is 14.2. The maximum atomic E-state index is 8.87. The summed E-state index contributed by atoms with van der Waals surface area (Å²) in [5, 5.41) is 12.2. The highest BCUT2D eigenvalue weighted by Crippen LogP contribution is 2.28. The van der Waals surface area contributed by atoms with Gasteiger partial charge in [-0.2, -0.15) is 5.26 Å². The molecule has 18 heavy (non-hydrogen) atoms. The number of hydrogen-bond donors (Lipinski definition) is 1. The lowest BCUT2D eigenvalue weighted by Crippen LogP contribution is -2.07. The molecule has 0 aromatic heterocycles. The molecule has 0 atom stereocenters. The first-order valence-corrected chi connectivity index (χ1v) is 7.09. The molecule has 3 nitrogen and oxygen atoms in total. The molecule has 96 valence electrons. The van der Waals surface area contributed by atoms with E-state index in [0.717, 1.165) is 42.3 Å². The molecular formula is C14H17BrN2O.